The van der Waals surface area contributed by atoms with Gasteiger partial charge in [0.25, 0.3) is 0 Å². The highest BCUT2D eigenvalue weighted by Crippen LogP contribution is 2.27. The Morgan fingerprint density at radius 2 is 2.24 bits per heavy atom. The van der Waals surface area contributed by atoms with Crippen LogP contribution in [0.15, 0.2) is 24.3 Å². The topological polar surface area (TPSA) is 15.3 Å². The van der Waals surface area contributed by atoms with Gasteiger partial charge < -0.3 is 10.2 Å². The number of benzene rings is 1. The minimum Gasteiger partial charge on any atom is -0.316 e. The zero-order valence-corrected chi connectivity index (χ0v) is 10.6. The number of hydrogen-bond acceptors (Lipinski definition) is 2. The number of nitrogens with one attached hydrogen (secondary N) is 1. The summed E-state index contributed by atoms with van der Waals surface area (Å²) in [6, 6.07) is 7.55. The Balaban J connectivity index is 2.14. The second-order valence-electron chi connectivity index (χ2n) is 4.83. The van der Waals surface area contributed by atoms with Crippen molar-refractivity contribution in [1.82, 2.24) is 10.2 Å². The summed E-state index contributed by atoms with van der Waals surface area (Å²) in [5, 5.41) is 3.35. The van der Waals surface area contributed by atoms with Crippen LogP contribution in [-0.2, 0) is 0 Å². The standard InChI is InChI=1S/C14H21FN2/c1-3-17-9-12(8-14(10-17)16-2)11-5-4-6-13(15)7-11/h4-7,12,14,16H,3,8-10H2,1-2H3. The largest absolute Gasteiger partial charge is 0.316 e. The van der Waals surface area contributed by atoms with Gasteiger partial charge >= 0.3 is 0 Å². The summed E-state index contributed by atoms with van der Waals surface area (Å²) in [5.74, 6) is 0.314. The number of nitrogens with zero attached hydrogens (tertiary/aromatic N) is 1. The molecular formula is C14H21FN2. The fourth-order valence-corrected chi connectivity index (χ4v) is 2.66. The van der Waals surface area contributed by atoms with Gasteiger partial charge in [0.1, 0.15) is 5.82 Å². The van der Waals surface area contributed by atoms with E-state index in [0.717, 1.165) is 31.6 Å². The molecular weight excluding hydrogens is 215 g/mol. The molecule has 94 valence electrons. The molecule has 2 rings (SSSR count). The van der Waals surface area contributed by atoms with E-state index in [0.29, 0.717) is 12.0 Å². The van der Waals surface area contributed by atoms with E-state index in [1.807, 2.05) is 19.2 Å². The fraction of sp³-hybridized carbons (Fsp3) is 0.571. The molecule has 0 aromatic heterocycles. The normalized spacial score (nSPS) is 26.1. The SMILES string of the molecule is CCN1CC(NC)CC(c2cccc(F)c2)C1. The van der Waals surface area contributed by atoms with Gasteiger partial charge in [-0.15, -0.1) is 0 Å². The quantitative estimate of drug-likeness (QED) is 0.865. The molecule has 1 saturated heterocycles. The van der Waals surface area contributed by atoms with Crippen molar-refractivity contribution < 1.29 is 4.39 Å². The van der Waals surface area contributed by atoms with Gasteiger partial charge in [0.15, 0.2) is 0 Å². The highest BCUT2D eigenvalue weighted by Gasteiger charge is 2.26. The van der Waals surface area contributed by atoms with Gasteiger partial charge in [-0.25, -0.2) is 4.39 Å². The Morgan fingerprint density at radius 1 is 1.41 bits per heavy atom. The highest BCUT2D eigenvalue weighted by atomic mass is 19.1. The Bertz CT molecular complexity index is 355. The lowest BCUT2D eigenvalue weighted by atomic mass is 9.88. The monoisotopic (exact) mass is 236 g/mol. The van der Waals surface area contributed by atoms with Crippen LogP contribution in [0.1, 0.15) is 24.8 Å². The van der Waals surface area contributed by atoms with Gasteiger partial charge in [0.2, 0.25) is 0 Å². The van der Waals surface area contributed by atoms with Crippen LogP contribution in [0.25, 0.3) is 0 Å². The van der Waals surface area contributed by atoms with Crippen LogP contribution in [-0.4, -0.2) is 37.6 Å². The number of likely N-dealkylation sites (N-methyl/N-ethyl adjacent to an activating group) is 2. The van der Waals surface area contributed by atoms with Crippen molar-refractivity contribution in [2.24, 2.45) is 0 Å². The number of piperidine rings is 1. The van der Waals surface area contributed by atoms with Gasteiger partial charge in [-0.3, -0.25) is 0 Å². The number of halogens is 1. The molecule has 1 N–H and O–H groups in total. The third-order valence-corrected chi connectivity index (χ3v) is 3.70. The average molecular weight is 236 g/mol. The Hall–Kier alpha value is -0.930. The van der Waals surface area contributed by atoms with Crippen molar-refractivity contribution in [2.75, 3.05) is 26.7 Å². The molecule has 0 radical (unpaired) electrons. The third-order valence-electron chi connectivity index (χ3n) is 3.70. The first kappa shape index (κ1) is 12.5. The molecule has 1 heterocycles. The van der Waals surface area contributed by atoms with E-state index in [4.69, 9.17) is 0 Å². The molecule has 0 aliphatic carbocycles. The number of hydrogen-bond donors (Lipinski definition) is 1. The van der Waals surface area contributed by atoms with Crippen LogP contribution >= 0.6 is 0 Å². The summed E-state index contributed by atoms with van der Waals surface area (Å²) in [6.07, 6.45) is 1.09. The van der Waals surface area contributed by atoms with Crippen LogP contribution in [0.5, 0.6) is 0 Å². The molecule has 1 aromatic rings. The minimum absolute atomic E-state index is 0.128. The van der Waals surface area contributed by atoms with Crippen molar-refractivity contribution in [3.63, 3.8) is 0 Å². The molecule has 0 saturated carbocycles. The van der Waals surface area contributed by atoms with Crippen molar-refractivity contribution >= 4 is 0 Å². The summed E-state index contributed by atoms with van der Waals surface area (Å²) >= 11 is 0. The van der Waals surface area contributed by atoms with E-state index < -0.39 is 0 Å². The zero-order valence-electron chi connectivity index (χ0n) is 10.6. The first-order chi connectivity index (χ1) is 8.22. The van der Waals surface area contributed by atoms with E-state index in [9.17, 15) is 4.39 Å². The lowest BCUT2D eigenvalue weighted by Crippen LogP contribution is -2.47. The summed E-state index contributed by atoms with van der Waals surface area (Å²) in [4.78, 5) is 2.43. The molecule has 1 aliphatic heterocycles. The maximum Gasteiger partial charge on any atom is 0.123 e. The average Bonchev–Trinajstić information content (AvgIpc) is 2.38. The number of rotatable bonds is 3. The van der Waals surface area contributed by atoms with Gasteiger partial charge in [-0.05, 0) is 43.6 Å². The van der Waals surface area contributed by atoms with E-state index in [-0.39, 0.29) is 5.82 Å². The Labute approximate surface area is 103 Å². The van der Waals surface area contributed by atoms with Crippen LogP contribution in [0.3, 0.4) is 0 Å². The van der Waals surface area contributed by atoms with E-state index in [1.165, 1.54) is 6.07 Å². The van der Waals surface area contributed by atoms with Crippen LogP contribution in [0, 0.1) is 5.82 Å². The first-order valence-corrected chi connectivity index (χ1v) is 6.38. The lowest BCUT2D eigenvalue weighted by Gasteiger charge is -2.37. The van der Waals surface area contributed by atoms with Crippen molar-refractivity contribution in [3.05, 3.63) is 35.6 Å². The van der Waals surface area contributed by atoms with Gasteiger partial charge in [0, 0.05) is 19.1 Å². The van der Waals surface area contributed by atoms with E-state index in [2.05, 4.69) is 17.1 Å². The summed E-state index contributed by atoms with van der Waals surface area (Å²) in [5.41, 5.74) is 1.13. The third kappa shape index (κ3) is 3.05. The molecule has 0 spiro atoms. The van der Waals surface area contributed by atoms with Crippen LogP contribution in [0.2, 0.25) is 0 Å². The molecule has 17 heavy (non-hydrogen) atoms. The van der Waals surface area contributed by atoms with Gasteiger partial charge in [0.05, 0.1) is 0 Å². The number of likely N-dealkylation sites (tertiary alicyclic amines) is 1. The minimum atomic E-state index is -0.128. The summed E-state index contributed by atoms with van der Waals surface area (Å²) < 4.78 is 13.3. The molecule has 3 heteroatoms. The van der Waals surface area contributed by atoms with Gasteiger partial charge in [-0.2, -0.15) is 0 Å². The summed E-state index contributed by atoms with van der Waals surface area (Å²) in [7, 11) is 2.01. The first-order valence-electron chi connectivity index (χ1n) is 6.38. The molecule has 2 atom stereocenters. The molecule has 0 amide bonds. The Morgan fingerprint density at radius 3 is 2.88 bits per heavy atom. The van der Waals surface area contributed by atoms with E-state index in [1.54, 1.807) is 6.07 Å². The second kappa shape index (κ2) is 5.61. The van der Waals surface area contributed by atoms with Crippen molar-refractivity contribution in [2.45, 2.75) is 25.3 Å². The molecule has 2 unspecified atom stereocenters. The van der Waals surface area contributed by atoms with Gasteiger partial charge in [-0.1, -0.05) is 19.1 Å². The second-order valence-corrected chi connectivity index (χ2v) is 4.83. The maximum absolute atomic E-state index is 13.3. The van der Waals surface area contributed by atoms with Crippen molar-refractivity contribution in [1.29, 1.82) is 0 Å². The zero-order chi connectivity index (χ0) is 12.3. The smallest absolute Gasteiger partial charge is 0.123 e. The molecule has 0 bridgehead atoms. The molecule has 1 aliphatic rings. The Kier molecular flexibility index (Phi) is 4.13. The van der Waals surface area contributed by atoms with Crippen LogP contribution < -0.4 is 5.32 Å². The van der Waals surface area contributed by atoms with Crippen LogP contribution in [0.4, 0.5) is 4.39 Å². The maximum atomic E-state index is 13.3. The van der Waals surface area contributed by atoms with E-state index >= 15 is 0 Å². The molecule has 2 nitrogen and oxygen atoms in total. The molecule has 1 aromatic carbocycles. The van der Waals surface area contributed by atoms with Crippen molar-refractivity contribution in [3.8, 4) is 0 Å². The lowest BCUT2D eigenvalue weighted by molar-refractivity contribution is 0.183. The predicted octanol–water partition coefficient (Wildman–Crippen LogP) is 2.22. The fourth-order valence-electron chi connectivity index (χ4n) is 2.66. The molecule has 1 fully saturated rings. The summed E-state index contributed by atoms with van der Waals surface area (Å²) in [6.45, 7) is 5.38. The predicted molar refractivity (Wildman–Crippen MR) is 68.7 cm³/mol. The highest BCUT2D eigenvalue weighted by molar-refractivity contribution is 5.22.